The first kappa shape index (κ1) is 19.3. The Morgan fingerprint density at radius 2 is 1.62 bits per heavy atom. The Labute approximate surface area is 188 Å². The van der Waals surface area contributed by atoms with Crippen molar-refractivity contribution in [2.45, 2.75) is 46.0 Å². The van der Waals surface area contributed by atoms with Crippen LogP contribution in [0.1, 0.15) is 48.9 Å². The number of aromatic nitrogens is 1. The van der Waals surface area contributed by atoms with E-state index in [0.29, 0.717) is 0 Å². The summed E-state index contributed by atoms with van der Waals surface area (Å²) < 4.78 is 6.63. The summed E-state index contributed by atoms with van der Waals surface area (Å²) in [5, 5.41) is 2.35. The Balaban J connectivity index is 1.70. The second kappa shape index (κ2) is 6.80. The molecule has 158 valence electrons. The summed E-state index contributed by atoms with van der Waals surface area (Å²) in [6.45, 7) is 8.87. The van der Waals surface area contributed by atoms with Gasteiger partial charge in [0, 0.05) is 27.9 Å². The van der Waals surface area contributed by atoms with Gasteiger partial charge >= 0.3 is 0 Å². The van der Waals surface area contributed by atoms with E-state index in [-0.39, 0.29) is 5.41 Å². The van der Waals surface area contributed by atoms with Crippen molar-refractivity contribution >= 4 is 21.9 Å². The molecule has 1 aliphatic carbocycles. The maximum absolute atomic E-state index is 6.63. The SMILES string of the molecule is CCC1(CC)c2ccccc2-c2cc3c(cc21)oc1c(-c2cc(C)ccn2)c(C)ccc13. The van der Waals surface area contributed by atoms with E-state index in [1.807, 2.05) is 12.3 Å². The quantitative estimate of drug-likeness (QED) is 0.295. The lowest BCUT2D eigenvalue weighted by Gasteiger charge is -2.29. The monoisotopic (exact) mass is 417 g/mol. The highest BCUT2D eigenvalue weighted by molar-refractivity contribution is 6.11. The lowest BCUT2D eigenvalue weighted by molar-refractivity contribution is 0.490. The molecule has 0 saturated carbocycles. The molecule has 3 aromatic carbocycles. The molecule has 0 amide bonds. The average Bonchev–Trinajstić information content (AvgIpc) is 3.30. The minimum Gasteiger partial charge on any atom is -0.455 e. The summed E-state index contributed by atoms with van der Waals surface area (Å²) in [5.41, 5.74) is 12.0. The van der Waals surface area contributed by atoms with Gasteiger partial charge in [-0.05, 0) is 84.3 Å². The standard InChI is InChI=1S/C30H27NO/c1-5-30(6-2)24-10-8-7-9-20(24)22-16-23-21-12-11-19(4)28(26-15-18(3)13-14-31-26)29(21)32-27(23)17-25(22)30/h7-17H,5-6H2,1-4H3. The van der Waals surface area contributed by atoms with Crippen LogP contribution in [0.25, 0.3) is 44.3 Å². The number of furan rings is 1. The average molecular weight is 418 g/mol. The van der Waals surface area contributed by atoms with Crippen LogP contribution < -0.4 is 0 Å². The predicted octanol–water partition coefficient (Wildman–Crippen LogP) is 8.35. The number of nitrogens with zero attached hydrogens (tertiary/aromatic N) is 1. The van der Waals surface area contributed by atoms with E-state index in [1.54, 1.807) is 0 Å². The van der Waals surface area contributed by atoms with E-state index < -0.39 is 0 Å². The van der Waals surface area contributed by atoms with E-state index in [2.05, 4.69) is 87.3 Å². The van der Waals surface area contributed by atoms with Gasteiger partial charge in [-0.25, -0.2) is 0 Å². The molecule has 6 rings (SSSR count). The van der Waals surface area contributed by atoms with Gasteiger partial charge < -0.3 is 4.42 Å². The lowest BCUT2D eigenvalue weighted by atomic mass is 9.74. The zero-order chi connectivity index (χ0) is 22.0. The molecule has 0 N–H and O–H groups in total. The van der Waals surface area contributed by atoms with E-state index in [1.165, 1.54) is 38.8 Å². The van der Waals surface area contributed by atoms with Crippen LogP contribution in [0, 0.1) is 13.8 Å². The normalized spacial score (nSPS) is 14.1. The van der Waals surface area contributed by atoms with Crippen molar-refractivity contribution in [3.05, 3.63) is 89.1 Å². The molecule has 2 aromatic heterocycles. The van der Waals surface area contributed by atoms with Crippen molar-refractivity contribution in [1.29, 1.82) is 0 Å². The Bertz CT molecular complexity index is 1520. The molecule has 0 saturated heterocycles. The van der Waals surface area contributed by atoms with Crippen molar-refractivity contribution in [3.8, 4) is 22.4 Å². The predicted molar refractivity (Wildman–Crippen MR) is 133 cm³/mol. The van der Waals surface area contributed by atoms with E-state index in [9.17, 15) is 0 Å². The summed E-state index contributed by atoms with van der Waals surface area (Å²) in [6, 6.07) is 22.2. The third-order valence-corrected chi connectivity index (χ3v) is 7.62. The van der Waals surface area contributed by atoms with Gasteiger partial charge in [-0.1, -0.05) is 50.2 Å². The molecular weight excluding hydrogens is 390 g/mol. The number of benzene rings is 3. The number of rotatable bonds is 3. The Morgan fingerprint density at radius 1 is 0.812 bits per heavy atom. The summed E-state index contributed by atoms with van der Waals surface area (Å²) in [5.74, 6) is 0. The number of aryl methyl sites for hydroxylation is 2. The molecule has 0 radical (unpaired) electrons. The number of pyridine rings is 1. The molecule has 0 aliphatic heterocycles. The minimum absolute atomic E-state index is 0.0515. The van der Waals surface area contributed by atoms with E-state index in [0.717, 1.165) is 40.7 Å². The largest absolute Gasteiger partial charge is 0.455 e. The van der Waals surface area contributed by atoms with Crippen molar-refractivity contribution < 1.29 is 4.42 Å². The summed E-state index contributed by atoms with van der Waals surface area (Å²) in [4.78, 5) is 4.67. The highest BCUT2D eigenvalue weighted by atomic mass is 16.3. The maximum atomic E-state index is 6.63. The fourth-order valence-corrected chi connectivity index (χ4v) is 5.89. The van der Waals surface area contributed by atoms with Crippen LogP contribution in [-0.4, -0.2) is 4.98 Å². The lowest BCUT2D eigenvalue weighted by Crippen LogP contribution is -2.22. The minimum atomic E-state index is 0.0515. The molecule has 0 unspecified atom stereocenters. The number of fused-ring (bicyclic) bond motifs is 6. The first-order valence-corrected chi connectivity index (χ1v) is 11.6. The van der Waals surface area contributed by atoms with Crippen LogP contribution in [-0.2, 0) is 5.41 Å². The van der Waals surface area contributed by atoms with Crippen molar-refractivity contribution in [2.24, 2.45) is 0 Å². The highest BCUT2D eigenvalue weighted by Crippen LogP contribution is 2.54. The van der Waals surface area contributed by atoms with Gasteiger partial charge in [-0.15, -0.1) is 0 Å². The molecule has 32 heavy (non-hydrogen) atoms. The van der Waals surface area contributed by atoms with Crippen LogP contribution in [0.4, 0.5) is 0 Å². The maximum Gasteiger partial charge on any atom is 0.145 e. The smallest absolute Gasteiger partial charge is 0.145 e. The topological polar surface area (TPSA) is 26.0 Å². The molecule has 2 nitrogen and oxygen atoms in total. The van der Waals surface area contributed by atoms with Gasteiger partial charge in [0.05, 0.1) is 5.69 Å². The van der Waals surface area contributed by atoms with Crippen LogP contribution in [0.2, 0.25) is 0 Å². The van der Waals surface area contributed by atoms with Gasteiger partial charge in [-0.2, -0.15) is 0 Å². The zero-order valence-electron chi connectivity index (χ0n) is 19.1. The van der Waals surface area contributed by atoms with Crippen molar-refractivity contribution in [2.75, 3.05) is 0 Å². The van der Waals surface area contributed by atoms with Crippen LogP contribution >= 0.6 is 0 Å². The fourth-order valence-electron chi connectivity index (χ4n) is 5.89. The van der Waals surface area contributed by atoms with Gasteiger partial charge in [0.1, 0.15) is 11.2 Å². The zero-order valence-corrected chi connectivity index (χ0v) is 19.1. The Morgan fingerprint density at radius 3 is 2.41 bits per heavy atom. The molecule has 0 atom stereocenters. The van der Waals surface area contributed by atoms with Crippen LogP contribution in [0.3, 0.4) is 0 Å². The first-order valence-electron chi connectivity index (χ1n) is 11.6. The second-order valence-electron chi connectivity index (χ2n) is 9.18. The molecular formula is C30H27NO. The van der Waals surface area contributed by atoms with E-state index in [4.69, 9.17) is 4.42 Å². The molecule has 1 aliphatic rings. The summed E-state index contributed by atoms with van der Waals surface area (Å²) in [6.07, 6.45) is 4.04. The van der Waals surface area contributed by atoms with Gasteiger partial charge in [0.2, 0.25) is 0 Å². The summed E-state index contributed by atoms with van der Waals surface area (Å²) in [7, 11) is 0. The molecule has 2 heteroatoms. The molecule has 0 spiro atoms. The first-order chi connectivity index (χ1) is 15.6. The van der Waals surface area contributed by atoms with E-state index >= 15 is 0 Å². The van der Waals surface area contributed by atoms with Gasteiger partial charge in [0.15, 0.2) is 0 Å². The third kappa shape index (κ3) is 2.44. The van der Waals surface area contributed by atoms with Crippen molar-refractivity contribution in [1.82, 2.24) is 4.98 Å². The van der Waals surface area contributed by atoms with Gasteiger partial charge in [0.25, 0.3) is 0 Å². The molecule has 5 aromatic rings. The second-order valence-corrected chi connectivity index (χ2v) is 9.18. The summed E-state index contributed by atoms with van der Waals surface area (Å²) >= 11 is 0. The molecule has 0 bridgehead atoms. The van der Waals surface area contributed by atoms with Gasteiger partial charge in [-0.3, -0.25) is 4.98 Å². The number of hydrogen-bond acceptors (Lipinski definition) is 2. The highest BCUT2D eigenvalue weighted by Gasteiger charge is 2.40. The third-order valence-electron chi connectivity index (χ3n) is 7.62. The Kier molecular flexibility index (Phi) is 4.10. The molecule has 2 heterocycles. The molecule has 0 fully saturated rings. The van der Waals surface area contributed by atoms with Crippen LogP contribution in [0.5, 0.6) is 0 Å². The number of hydrogen-bond donors (Lipinski definition) is 0. The van der Waals surface area contributed by atoms with Crippen LogP contribution in [0.15, 0.2) is 71.3 Å². The fraction of sp³-hybridized carbons (Fsp3) is 0.233. The Hall–Kier alpha value is -3.39. The van der Waals surface area contributed by atoms with Crippen molar-refractivity contribution in [3.63, 3.8) is 0 Å².